The van der Waals surface area contributed by atoms with Crippen LogP contribution in [-0.2, 0) is 0 Å². The molecule has 0 spiro atoms. The maximum Gasteiger partial charge on any atom is 0.166 e. The summed E-state index contributed by atoms with van der Waals surface area (Å²) in [6, 6.07) is 3.22. The first kappa shape index (κ1) is 20.5. The minimum atomic E-state index is -1.58. The highest BCUT2D eigenvalue weighted by atomic mass is 19.1. The first-order valence-electron chi connectivity index (χ1n) is 10.5. The summed E-state index contributed by atoms with van der Waals surface area (Å²) in [6.07, 6.45) is 7.36. The molecule has 4 rings (SSSR count). The lowest BCUT2D eigenvalue weighted by Gasteiger charge is -2.33. The molecule has 1 aromatic rings. The van der Waals surface area contributed by atoms with Gasteiger partial charge in [-0.05, 0) is 49.5 Å². The van der Waals surface area contributed by atoms with Crippen molar-refractivity contribution in [3.8, 4) is 6.07 Å². The van der Waals surface area contributed by atoms with E-state index in [1.807, 2.05) is 6.07 Å². The summed E-state index contributed by atoms with van der Waals surface area (Å²) in [5.74, 6) is -0.774. The van der Waals surface area contributed by atoms with E-state index in [9.17, 15) is 18.4 Å². The number of nitriles is 1. The zero-order chi connectivity index (χ0) is 21.5. The molecule has 2 aliphatic carbocycles. The summed E-state index contributed by atoms with van der Waals surface area (Å²) in [5.41, 5.74) is -0.149. The van der Waals surface area contributed by atoms with Gasteiger partial charge >= 0.3 is 0 Å². The zero-order valence-corrected chi connectivity index (χ0v) is 17.1. The fourth-order valence-corrected chi connectivity index (χ4v) is 4.74. The summed E-state index contributed by atoms with van der Waals surface area (Å²) in [4.78, 5) is 4.44. The highest BCUT2D eigenvalue weighted by Crippen LogP contribution is 2.43. The fourth-order valence-electron chi connectivity index (χ4n) is 4.74. The average molecular weight is 414 g/mol. The van der Waals surface area contributed by atoms with Crippen LogP contribution in [0.4, 0.5) is 19.0 Å². The van der Waals surface area contributed by atoms with Crippen molar-refractivity contribution < 1.29 is 13.2 Å². The van der Waals surface area contributed by atoms with Gasteiger partial charge in [-0.25, -0.2) is 18.2 Å². The molecule has 2 heterocycles. The summed E-state index contributed by atoms with van der Waals surface area (Å²) in [5, 5.41) is 15.8. The number of nitrogens with one attached hydrogen (secondary N) is 2. The molecule has 158 valence electrons. The number of aromatic nitrogens is 1. The molecular formula is C23H25F3N4. The maximum atomic E-state index is 14.8. The maximum absolute atomic E-state index is 14.8. The van der Waals surface area contributed by atoms with Crippen molar-refractivity contribution in [1.82, 2.24) is 10.3 Å². The number of alkyl halides is 1. The molecule has 4 atom stereocenters. The fraction of sp³-hybridized carbons (Fsp3) is 0.478. The molecule has 0 amide bonds. The molecule has 0 aromatic carbocycles. The number of nitrogens with zero attached hydrogens (tertiary/aromatic N) is 2. The van der Waals surface area contributed by atoms with Crippen molar-refractivity contribution in [1.29, 1.82) is 5.26 Å². The van der Waals surface area contributed by atoms with Crippen LogP contribution in [0.15, 0.2) is 35.8 Å². The van der Waals surface area contributed by atoms with Crippen molar-refractivity contribution in [3.05, 3.63) is 52.9 Å². The lowest BCUT2D eigenvalue weighted by Crippen LogP contribution is -2.46. The van der Waals surface area contributed by atoms with Gasteiger partial charge in [-0.1, -0.05) is 26.2 Å². The number of pyridine rings is 1. The van der Waals surface area contributed by atoms with E-state index in [1.54, 1.807) is 6.92 Å². The van der Waals surface area contributed by atoms with Crippen LogP contribution in [0.1, 0.15) is 57.2 Å². The van der Waals surface area contributed by atoms with E-state index in [1.165, 1.54) is 18.7 Å². The van der Waals surface area contributed by atoms with Crippen molar-refractivity contribution >= 4 is 11.4 Å². The third-order valence-electron chi connectivity index (χ3n) is 6.61. The van der Waals surface area contributed by atoms with Gasteiger partial charge in [-0.2, -0.15) is 5.26 Å². The third-order valence-corrected chi connectivity index (χ3v) is 6.61. The summed E-state index contributed by atoms with van der Waals surface area (Å²) in [7, 11) is 0. The number of hydrogen-bond acceptors (Lipinski definition) is 4. The highest BCUT2D eigenvalue weighted by molar-refractivity contribution is 5.86. The average Bonchev–Trinajstić information content (AvgIpc) is 3.07. The molecule has 1 aromatic heterocycles. The Labute approximate surface area is 174 Å². The van der Waals surface area contributed by atoms with E-state index in [2.05, 4.69) is 22.5 Å². The Hall–Kier alpha value is -2.75. The molecule has 3 aliphatic rings. The number of fused-ring (bicyclic) bond motifs is 1. The summed E-state index contributed by atoms with van der Waals surface area (Å²) < 4.78 is 43.3. The van der Waals surface area contributed by atoms with Gasteiger partial charge in [-0.3, -0.25) is 0 Å². The van der Waals surface area contributed by atoms with Gasteiger partial charge in [0, 0.05) is 17.8 Å². The second-order valence-electron chi connectivity index (χ2n) is 8.45. The Morgan fingerprint density at radius 2 is 2.10 bits per heavy atom. The smallest absolute Gasteiger partial charge is 0.166 e. The van der Waals surface area contributed by atoms with Gasteiger partial charge in [0.25, 0.3) is 0 Å². The Kier molecular flexibility index (Phi) is 5.35. The molecule has 0 bridgehead atoms. The van der Waals surface area contributed by atoms with E-state index < -0.39 is 23.4 Å². The van der Waals surface area contributed by atoms with E-state index >= 15 is 0 Å². The zero-order valence-electron chi connectivity index (χ0n) is 17.1. The van der Waals surface area contributed by atoms with Gasteiger partial charge in [0.2, 0.25) is 0 Å². The predicted octanol–water partition coefficient (Wildman–Crippen LogP) is 5.31. The lowest BCUT2D eigenvalue weighted by molar-refractivity contribution is 0.260. The van der Waals surface area contributed by atoms with Crippen LogP contribution in [0.5, 0.6) is 0 Å². The van der Waals surface area contributed by atoms with E-state index in [4.69, 9.17) is 0 Å². The van der Waals surface area contributed by atoms with Crippen LogP contribution in [0.3, 0.4) is 0 Å². The molecule has 7 heteroatoms. The number of allylic oxidation sites excluding steroid dienone is 2. The predicted molar refractivity (Wildman–Crippen MR) is 110 cm³/mol. The molecule has 1 aliphatic heterocycles. The van der Waals surface area contributed by atoms with Crippen LogP contribution >= 0.6 is 0 Å². The molecule has 1 fully saturated rings. The molecule has 4 nitrogen and oxygen atoms in total. The minimum absolute atomic E-state index is 0.0253. The first-order valence-corrected chi connectivity index (χ1v) is 10.5. The largest absolute Gasteiger partial charge is 0.378 e. The normalized spacial score (nSPS) is 30.4. The second kappa shape index (κ2) is 7.82. The topological polar surface area (TPSA) is 60.7 Å². The Bertz CT molecular complexity index is 991. The van der Waals surface area contributed by atoms with Gasteiger partial charge in [0.05, 0.1) is 16.8 Å². The SMILES string of the molecule is CCC1CCCC[C@H]1Nc1nc(C2=CNC3(C)C2=CC(F)=CC3F)c(C#N)cc1F. The van der Waals surface area contributed by atoms with E-state index in [0.29, 0.717) is 17.1 Å². The molecular weight excluding hydrogens is 389 g/mol. The van der Waals surface area contributed by atoms with Crippen molar-refractivity contribution in [2.24, 2.45) is 5.92 Å². The molecule has 30 heavy (non-hydrogen) atoms. The number of anilines is 1. The molecule has 0 saturated heterocycles. The van der Waals surface area contributed by atoms with Crippen LogP contribution < -0.4 is 10.6 Å². The van der Waals surface area contributed by atoms with Crippen LogP contribution in [0.2, 0.25) is 0 Å². The third kappa shape index (κ3) is 3.38. The monoisotopic (exact) mass is 414 g/mol. The van der Waals surface area contributed by atoms with Crippen molar-refractivity contribution in [2.45, 2.75) is 63.7 Å². The van der Waals surface area contributed by atoms with Crippen molar-refractivity contribution in [2.75, 3.05) is 5.32 Å². The van der Waals surface area contributed by atoms with Crippen LogP contribution in [-0.4, -0.2) is 22.7 Å². The lowest BCUT2D eigenvalue weighted by atomic mass is 9.80. The van der Waals surface area contributed by atoms with Gasteiger partial charge in [0.15, 0.2) is 11.6 Å². The van der Waals surface area contributed by atoms with Gasteiger partial charge in [-0.15, -0.1) is 0 Å². The highest BCUT2D eigenvalue weighted by Gasteiger charge is 2.45. The molecule has 2 N–H and O–H groups in total. The van der Waals surface area contributed by atoms with Crippen molar-refractivity contribution in [3.63, 3.8) is 0 Å². The molecule has 1 saturated carbocycles. The van der Waals surface area contributed by atoms with Gasteiger partial charge < -0.3 is 10.6 Å². The van der Waals surface area contributed by atoms with E-state index in [-0.39, 0.29) is 23.1 Å². The standard InChI is InChI=1S/C23H25F3N4/c1-3-13-6-4-5-7-19(13)29-22-18(25)8-14(11-27)21(30-22)16-12-28-23(2)17(16)9-15(24)10-20(23)26/h8-10,12-13,19-20,28H,3-7H2,1-2H3,(H,29,30)/t13?,19-,20?,23?/m1/s1. The number of hydrogen-bond donors (Lipinski definition) is 2. The Morgan fingerprint density at radius 1 is 1.33 bits per heavy atom. The van der Waals surface area contributed by atoms with Crippen LogP contribution in [0.25, 0.3) is 5.57 Å². The minimum Gasteiger partial charge on any atom is -0.378 e. The Balaban J connectivity index is 1.73. The quantitative estimate of drug-likeness (QED) is 0.701. The second-order valence-corrected chi connectivity index (χ2v) is 8.45. The summed E-state index contributed by atoms with van der Waals surface area (Å²) in [6.45, 7) is 3.75. The molecule has 0 radical (unpaired) electrons. The van der Waals surface area contributed by atoms with Crippen LogP contribution in [0, 0.1) is 23.1 Å². The Morgan fingerprint density at radius 3 is 2.83 bits per heavy atom. The summed E-state index contributed by atoms with van der Waals surface area (Å²) >= 11 is 0. The first-order chi connectivity index (χ1) is 14.4. The molecule has 3 unspecified atom stereocenters. The number of rotatable bonds is 4. The van der Waals surface area contributed by atoms with Gasteiger partial charge in [0.1, 0.15) is 18.1 Å². The number of halogens is 3. The van der Waals surface area contributed by atoms with E-state index in [0.717, 1.165) is 37.8 Å².